The molecule has 0 aromatic rings. The van der Waals surface area contributed by atoms with Crippen LogP contribution < -0.4 is 0 Å². The fourth-order valence-corrected chi connectivity index (χ4v) is 2.60. The van der Waals surface area contributed by atoms with Crippen LogP contribution in [0.2, 0.25) is 0 Å². The highest BCUT2D eigenvalue weighted by Gasteiger charge is 2.50. The molecule has 0 amide bonds. The van der Waals surface area contributed by atoms with E-state index < -0.39 is 24.2 Å². The van der Waals surface area contributed by atoms with Crippen molar-refractivity contribution in [3.63, 3.8) is 0 Å². The standard InChI is InChI=1S/C10H12F2O2/c11-10(12,5-9(13)14)8-4-6-1-2-7(8)3-6/h1-2,6-8H,3-5H2,(H,13,14). The van der Waals surface area contributed by atoms with E-state index in [2.05, 4.69) is 0 Å². The molecule has 1 fully saturated rings. The maximum Gasteiger partial charge on any atom is 0.309 e. The molecule has 2 nitrogen and oxygen atoms in total. The zero-order chi connectivity index (χ0) is 10.3. The lowest BCUT2D eigenvalue weighted by Crippen LogP contribution is -2.33. The summed E-state index contributed by atoms with van der Waals surface area (Å²) in [6.07, 6.45) is 3.97. The van der Waals surface area contributed by atoms with E-state index in [1.54, 1.807) is 0 Å². The third-order valence-electron chi connectivity index (χ3n) is 3.21. The van der Waals surface area contributed by atoms with Crippen molar-refractivity contribution >= 4 is 5.97 Å². The molecule has 14 heavy (non-hydrogen) atoms. The van der Waals surface area contributed by atoms with E-state index in [0.29, 0.717) is 6.42 Å². The normalized spacial score (nSPS) is 35.1. The summed E-state index contributed by atoms with van der Waals surface area (Å²) >= 11 is 0. The van der Waals surface area contributed by atoms with Crippen LogP contribution in [0.3, 0.4) is 0 Å². The van der Waals surface area contributed by atoms with Crippen LogP contribution >= 0.6 is 0 Å². The molecule has 2 bridgehead atoms. The lowest BCUT2D eigenvalue weighted by Gasteiger charge is -2.26. The molecule has 0 radical (unpaired) electrons. The number of aliphatic carboxylic acids is 1. The second kappa shape index (κ2) is 3.04. The van der Waals surface area contributed by atoms with E-state index in [-0.39, 0.29) is 11.8 Å². The highest BCUT2D eigenvalue weighted by Crippen LogP contribution is 2.50. The molecule has 1 N–H and O–H groups in total. The molecular formula is C10H12F2O2. The first-order valence-electron chi connectivity index (χ1n) is 4.77. The van der Waals surface area contributed by atoms with Gasteiger partial charge in [0, 0.05) is 5.92 Å². The molecule has 0 aromatic carbocycles. The van der Waals surface area contributed by atoms with Crippen molar-refractivity contribution < 1.29 is 18.7 Å². The molecular weight excluding hydrogens is 190 g/mol. The molecule has 4 heteroatoms. The average Bonchev–Trinajstić information content (AvgIpc) is 2.60. The van der Waals surface area contributed by atoms with Crippen LogP contribution in [0.15, 0.2) is 12.2 Å². The molecule has 78 valence electrons. The van der Waals surface area contributed by atoms with Gasteiger partial charge in [-0.05, 0) is 24.7 Å². The van der Waals surface area contributed by atoms with Crippen LogP contribution in [0.25, 0.3) is 0 Å². The number of carboxylic acid groups (broad SMARTS) is 1. The van der Waals surface area contributed by atoms with E-state index >= 15 is 0 Å². The van der Waals surface area contributed by atoms with Crippen molar-refractivity contribution in [2.24, 2.45) is 17.8 Å². The lowest BCUT2D eigenvalue weighted by atomic mass is 9.86. The fraction of sp³-hybridized carbons (Fsp3) is 0.700. The van der Waals surface area contributed by atoms with E-state index in [1.165, 1.54) is 0 Å². The number of alkyl halides is 2. The summed E-state index contributed by atoms with van der Waals surface area (Å²) in [6.45, 7) is 0. The summed E-state index contributed by atoms with van der Waals surface area (Å²) < 4.78 is 26.8. The van der Waals surface area contributed by atoms with Gasteiger partial charge in [0.25, 0.3) is 5.92 Å². The van der Waals surface area contributed by atoms with Crippen LogP contribution in [0.1, 0.15) is 19.3 Å². The Labute approximate surface area is 80.6 Å². The van der Waals surface area contributed by atoms with Crippen LogP contribution in [0.4, 0.5) is 8.78 Å². The predicted octanol–water partition coefficient (Wildman–Crippen LogP) is 2.31. The Bertz CT molecular complexity index is 286. The minimum Gasteiger partial charge on any atom is -0.481 e. The maximum atomic E-state index is 13.4. The SMILES string of the molecule is O=C(O)CC(F)(F)C1CC2C=CC1C2. The third kappa shape index (κ3) is 1.53. The van der Waals surface area contributed by atoms with Crippen LogP contribution in [0, 0.1) is 17.8 Å². The molecule has 3 atom stereocenters. The van der Waals surface area contributed by atoms with Crippen molar-refractivity contribution in [1.29, 1.82) is 0 Å². The van der Waals surface area contributed by atoms with Gasteiger partial charge in [-0.2, -0.15) is 0 Å². The number of hydrogen-bond donors (Lipinski definition) is 1. The van der Waals surface area contributed by atoms with E-state index in [4.69, 9.17) is 5.11 Å². The predicted molar refractivity (Wildman–Crippen MR) is 46.0 cm³/mol. The second-order valence-electron chi connectivity index (χ2n) is 4.22. The minimum atomic E-state index is -3.05. The van der Waals surface area contributed by atoms with Crippen molar-refractivity contribution in [2.75, 3.05) is 0 Å². The van der Waals surface area contributed by atoms with Crippen molar-refractivity contribution in [2.45, 2.75) is 25.2 Å². The van der Waals surface area contributed by atoms with Gasteiger partial charge in [0.1, 0.15) is 6.42 Å². The molecule has 0 heterocycles. The van der Waals surface area contributed by atoms with Gasteiger partial charge in [-0.15, -0.1) is 0 Å². The Morgan fingerprint density at radius 3 is 2.57 bits per heavy atom. The quantitative estimate of drug-likeness (QED) is 0.713. The van der Waals surface area contributed by atoms with Gasteiger partial charge in [-0.3, -0.25) is 4.79 Å². The van der Waals surface area contributed by atoms with Gasteiger partial charge in [-0.1, -0.05) is 12.2 Å². The molecule has 2 aliphatic rings. The summed E-state index contributed by atoms with van der Waals surface area (Å²) in [5.41, 5.74) is 0. The third-order valence-corrected chi connectivity index (χ3v) is 3.21. The Hall–Kier alpha value is -0.930. The smallest absolute Gasteiger partial charge is 0.309 e. The number of carbonyl (C=O) groups is 1. The highest BCUT2D eigenvalue weighted by molar-refractivity contribution is 5.67. The maximum absolute atomic E-state index is 13.4. The van der Waals surface area contributed by atoms with E-state index in [9.17, 15) is 13.6 Å². The van der Waals surface area contributed by atoms with E-state index in [1.807, 2.05) is 12.2 Å². The number of carboxylic acids is 1. The molecule has 3 unspecified atom stereocenters. The largest absolute Gasteiger partial charge is 0.481 e. The molecule has 0 saturated heterocycles. The molecule has 0 spiro atoms. The Morgan fingerprint density at radius 2 is 2.14 bits per heavy atom. The Morgan fingerprint density at radius 1 is 1.43 bits per heavy atom. The number of allylic oxidation sites excluding steroid dienone is 2. The Balaban J connectivity index is 2.08. The molecule has 1 saturated carbocycles. The van der Waals surface area contributed by atoms with Crippen LogP contribution in [0.5, 0.6) is 0 Å². The highest BCUT2D eigenvalue weighted by atomic mass is 19.3. The lowest BCUT2D eigenvalue weighted by molar-refractivity contribution is -0.150. The second-order valence-corrected chi connectivity index (χ2v) is 4.22. The number of fused-ring (bicyclic) bond motifs is 2. The van der Waals surface area contributed by atoms with Crippen molar-refractivity contribution in [3.05, 3.63) is 12.2 Å². The zero-order valence-electron chi connectivity index (χ0n) is 7.62. The minimum absolute atomic E-state index is 0.102. The first kappa shape index (κ1) is 9.62. The monoisotopic (exact) mass is 202 g/mol. The number of halogens is 2. The van der Waals surface area contributed by atoms with Gasteiger partial charge in [0.05, 0.1) is 0 Å². The van der Waals surface area contributed by atoms with Crippen LogP contribution in [-0.2, 0) is 4.79 Å². The molecule has 0 aromatic heterocycles. The first-order valence-corrected chi connectivity index (χ1v) is 4.77. The van der Waals surface area contributed by atoms with Gasteiger partial charge in [-0.25, -0.2) is 8.78 Å². The molecule has 2 rings (SSSR count). The summed E-state index contributed by atoms with van der Waals surface area (Å²) in [5.74, 6) is -5.06. The van der Waals surface area contributed by atoms with Crippen LogP contribution in [-0.4, -0.2) is 17.0 Å². The fourth-order valence-electron chi connectivity index (χ4n) is 2.60. The summed E-state index contributed by atoms with van der Waals surface area (Å²) in [7, 11) is 0. The first-order chi connectivity index (χ1) is 6.49. The number of hydrogen-bond acceptors (Lipinski definition) is 1. The van der Waals surface area contributed by atoms with Crippen molar-refractivity contribution in [1.82, 2.24) is 0 Å². The number of rotatable bonds is 3. The van der Waals surface area contributed by atoms with E-state index in [0.717, 1.165) is 6.42 Å². The van der Waals surface area contributed by atoms with Gasteiger partial charge < -0.3 is 5.11 Å². The topological polar surface area (TPSA) is 37.3 Å². The summed E-state index contributed by atoms with van der Waals surface area (Å²) in [6, 6.07) is 0. The summed E-state index contributed by atoms with van der Waals surface area (Å²) in [5, 5.41) is 8.38. The van der Waals surface area contributed by atoms with Gasteiger partial charge >= 0.3 is 5.97 Å². The van der Waals surface area contributed by atoms with Gasteiger partial charge in [0.2, 0.25) is 0 Å². The summed E-state index contributed by atoms with van der Waals surface area (Å²) in [4.78, 5) is 10.3. The Kier molecular flexibility index (Phi) is 2.09. The zero-order valence-corrected chi connectivity index (χ0v) is 7.62. The van der Waals surface area contributed by atoms with Gasteiger partial charge in [0.15, 0.2) is 0 Å². The molecule has 0 aliphatic heterocycles. The average molecular weight is 202 g/mol. The molecule has 2 aliphatic carbocycles. The van der Waals surface area contributed by atoms with Crippen molar-refractivity contribution in [3.8, 4) is 0 Å².